The molecular weight excluding hydrogens is 1410 g/mol. The van der Waals surface area contributed by atoms with E-state index in [9.17, 15) is 60.7 Å². The van der Waals surface area contributed by atoms with Crippen LogP contribution in [0.25, 0.3) is 87.6 Å². The highest BCUT2D eigenvalue weighted by atomic mass is 16.5. The molecule has 14 rings (SSSR count). The first kappa shape index (κ1) is 82.6. The average molecular weight is 1510 g/mol. The zero-order valence-electron chi connectivity index (χ0n) is 67.1. The van der Waals surface area contributed by atoms with Gasteiger partial charge in [0.25, 0.3) is 0 Å². The van der Waals surface area contributed by atoms with Crippen LogP contribution in [0.1, 0.15) is 139 Å². The molecule has 14 nitrogen and oxygen atoms in total. The van der Waals surface area contributed by atoms with Gasteiger partial charge in [-0.3, -0.25) is 0 Å². The number of benzene rings is 14. The highest BCUT2D eigenvalue weighted by Gasteiger charge is 2.29. The van der Waals surface area contributed by atoms with Gasteiger partial charge in [-0.25, -0.2) is 9.59 Å². The number of fused-ring (bicyclic) bond motifs is 4. The van der Waals surface area contributed by atoms with Gasteiger partial charge in [0.05, 0.1) is 14.2 Å². The fourth-order valence-corrected chi connectivity index (χ4v) is 14.9. The van der Waals surface area contributed by atoms with Gasteiger partial charge in [0, 0.05) is 49.9 Å². The smallest absolute Gasteiger partial charge is 0.341 e. The van der Waals surface area contributed by atoms with Gasteiger partial charge in [-0.2, -0.15) is 0 Å². The van der Waals surface area contributed by atoms with Crippen molar-refractivity contribution in [3.05, 3.63) is 295 Å². The fraction of sp³-hybridized carbons (Fsp3) is 0.212. The second-order valence-electron chi connectivity index (χ2n) is 29.6. The van der Waals surface area contributed by atoms with Crippen LogP contribution in [-0.2, 0) is 27.7 Å². The molecule has 0 aliphatic rings. The van der Waals surface area contributed by atoms with Crippen LogP contribution >= 0.6 is 0 Å². The van der Waals surface area contributed by atoms with Crippen LogP contribution in [0.15, 0.2) is 206 Å². The van der Waals surface area contributed by atoms with Gasteiger partial charge < -0.3 is 60.5 Å². The second-order valence-corrected chi connectivity index (χ2v) is 29.6. The summed E-state index contributed by atoms with van der Waals surface area (Å²) in [6.45, 7) is 28.0. The van der Waals surface area contributed by atoms with Crippen LogP contribution in [0.4, 0.5) is 0 Å². The van der Waals surface area contributed by atoms with Gasteiger partial charge in [-0.1, -0.05) is 198 Å². The van der Waals surface area contributed by atoms with E-state index in [-0.39, 0.29) is 73.7 Å². The van der Waals surface area contributed by atoms with Gasteiger partial charge in [0.15, 0.2) is 0 Å². The number of carbonyl (C=O) groups excluding carboxylic acids is 2. The van der Waals surface area contributed by atoms with E-state index in [1.807, 2.05) is 166 Å². The number of phenolic OH excluding ortho intramolecular Hbond substituents is 10. The first-order valence-corrected chi connectivity index (χ1v) is 37.7. The van der Waals surface area contributed by atoms with Crippen LogP contribution < -0.4 is 0 Å². The van der Waals surface area contributed by atoms with Crippen molar-refractivity contribution in [2.24, 2.45) is 0 Å². The molecule has 10 N–H and O–H groups in total. The largest absolute Gasteiger partial charge is 0.508 e. The van der Waals surface area contributed by atoms with Crippen molar-refractivity contribution >= 4 is 55.0 Å². The molecule has 14 aromatic rings. The number of rotatable bonds is 12. The van der Waals surface area contributed by atoms with Crippen LogP contribution in [-0.4, -0.2) is 77.2 Å². The molecule has 580 valence electrons. The molecule has 14 aromatic carbocycles. The van der Waals surface area contributed by atoms with Crippen molar-refractivity contribution in [1.82, 2.24) is 0 Å². The monoisotopic (exact) mass is 1510 g/mol. The third kappa shape index (κ3) is 17.2. The molecule has 0 atom stereocenters. The van der Waals surface area contributed by atoms with E-state index in [4.69, 9.17) is 9.47 Å². The lowest BCUT2D eigenvalue weighted by Gasteiger charge is -2.27. The number of esters is 2. The zero-order chi connectivity index (χ0) is 82.2. The molecule has 0 saturated carbocycles. The molecule has 0 bridgehead atoms. The maximum absolute atomic E-state index is 12.3. The molecule has 0 amide bonds. The molecular formula is C99H100O14. The van der Waals surface area contributed by atoms with Crippen molar-refractivity contribution in [1.29, 1.82) is 0 Å². The molecule has 0 aliphatic carbocycles. The summed E-state index contributed by atoms with van der Waals surface area (Å²) in [4.78, 5) is 24.6. The van der Waals surface area contributed by atoms with E-state index < -0.39 is 11.9 Å². The van der Waals surface area contributed by atoms with Crippen molar-refractivity contribution in [2.75, 3.05) is 14.2 Å². The SMILES string of the molecule is CCCc1cc(C(C)(C)c2ccc(O)c(CCC)c2)ccc1O.COC(=O)c1cc2ccccc2c(-c2c(O)c(C(=O)OC)cc3ccccc23)c1O.Cc1cc(C)c(-c2c(C)cc(C)c(C)c2O)c(O)c1C.Cc1cc(C)c(O)c(-c2cc(C)cc(C)c2O)c1.Oc1ccc2ccccc2c1-c1c(O)ccc2ccccc12. The van der Waals surface area contributed by atoms with E-state index in [0.717, 1.165) is 125 Å². The normalized spacial score (nSPS) is 11.0. The number of hydrogen-bond donors (Lipinski definition) is 10. The van der Waals surface area contributed by atoms with Crippen molar-refractivity contribution in [3.8, 4) is 102 Å². The zero-order valence-corrected chi connectivity index (χ0v) is 67.1. The van der Waals surface area contributed by atoms with Gasteiger partial charge in [-0.15, -0.1) is 0 Å². The van der Waals surface area contributed by atoms with E-state index in [2.05, 4.69) is 52.0 Å². The maximum Gasteiger partial charge on any atom is 0.341 e. The van der Waals surface area contributed by atoms with E-state index >= 15 is 0 Å². The highest BCUT2D eigenvalue weighted by molar-refractivity contribution is 6.16. The number of phenols is 10. The third-order valence-corrected chi connectivity index (χ3v) is 21.3. The predicted molar refractivity (Wildman–Crippen MR) is 457 cm³/mol. The summed E-state index contributed by atoms with van der Waals surface area (Å²) in [5.41, 5.74) is 18.4. The summed E-state index contributed by atoms with van der Waals surface area (Å²) in [5.74, 6) is -0.00996. The van der Waals surface area contributed by atoms with Crippen molar-refractivity contribution in [2.45, 2.75) is 128 Å². The Labute approximate surface area is 661 Å². The Morgan fingerprint density at radius 3 is 0.965 bits per heavy atom. The summed E-state index contributed by atoms with van der Waals surface area (Å²) in [7, 11) is 2.45. The van der Waals surface area contributed by atoms with E-state index in [1.165, 1.54) is 37.5 Å². The van der Waals surface area contributed by atoms with Crippen molar-refractivity contribution < 1.29 is 70.1 Å². The van der Waals surface area contributed by atoms with Crippen LogP contribution in [0, 0.1) is 69.2 Å². The fourth-order valence-electron chi connectivity index (χ4n) is 14.9. The van der Waals surface area contributed by atoms with Crippen molar-refractivity contribution in [3.63, 3.8) is 0 Å². The molecule has 113 heavy (non-hydrogen) atoms. The van der Waals surface area contributed by atoms with Gasteiger partial charge >= 0.3 is 11.9 Å². The Balaban J connectivity index is 0.000000151. The number of methoxy groups -OCH3 is 2. The number of aryl methyl sites for hydroxylation is 10. The Bertz CT molecular complexity index is 5600. The highest BCUT2D eigenvalue weighted by Crippen LogP contribution is 2.50. The molecule has 0 aliphatic heterocycles. The first-order chi connectivity index (χ1) is 53.8. The minimum Gasteiger partial charge on any atom is -0.508 e. The summed E-state index contributed by atoms with van der Waals surface area (Å²) in [6, 6.07) is 63.8. The lowest BCUT2D eigenvalue weighted by Crippen LogP contribution is -2.19. The first-order valence-electron chi connectivity index (χ1n) is 37.7. The van der Waals surface area contributed by atoms with Gasteiger partial charge in [0.1, 0.15) is 68.6 Å². The second kappa shape index (κ2) is 35.0. The Kier molecular flexibility index (Phi) is 25.5. The molecule has 0 heterocycles. The van der Waals surface area contributed by atoms with Crippen LogP contribution in [0.5, 0.6) is 57.5 Å². The van der Waals surface area contributed by atoms with Crippen LogP contribution in [0.2, 0.25) is 0 Å². The number of aromatic hydroxyl groups is 10. The molecule has 0 aromatic heterocycles. The molecule has 0 saturated heterocycles. The van der Waals surface area contributed by atoms with Crippen LogP contribution in [0.3, 0.4) is 0 Å². The van der Waals surface area contributed by atoms with E-state index in [1.54, 1.807) is 72.8 Å². The quantitative estimate of drug-likeness (QED) is 0.0511. The third-order valence-electron chi connectivity index (χ3n) is 21.3. The standard InChI is InChI=1S/C24H18O6.C21H28O2.C20H14O2.C18H22O2.C16H18O2/c1-29-23(27)17-11-13-7-3-5-9-15(13)19(21(17)25)20-16-10-6-4-8-14(16)12-18(22(20)26)24(28)30-2;1-5-7-15-13-17(9-11-19(15)22)21(3,4)18-10-12-20(23)16(14-18)8-6-2;21-17-11-9-13-5-1-3-7-15(13)19(17)20-16-8-4-2-6-14(16)10-12-18(20)22;1-9-7-11(3)15(17(19)13(9)5)16-12(4)8-10(2)14(6)18(16)20;1-9-5-11(3)15(17)13(7-9)14-8-10(2)6-12(4)16(14)18/h3-12,25-26H,1-2H3;9-14,22-23H,5-8H2,1-4H3;1-12,21-22H;7-8,19-20H,1-6H3;5-8,17-18H,1-4H3. The van der Waals surface area contributed by atoms with Gasteiger partial charge in [-0.05, 0) is 252 Å². The molecule has 0 radical (unpaired) electrons. The number of hydrogen-bond acceptors (Lipinski definition) is 14. The average Bonchev–Trinajstić information content (AvgIpc) is 0.737. The molecule has 14 heteroatoms. The predicted octanol–water partition coefficient (Wildman–Crippen LogP) is 23.7. The summed E-state index contributed by atoms with van der Waals surface area (Å²) in [5, 5.41) is 111. The lowest BCUT2D eigenvalue weighted by molar-refractivity contribution is 0.0588. The molecule has 0 fully saturated rings. The summed E-state index contributed by atoms with van der Waals surface area (Å²) >= 11 is 0. The Morgan fingerprint density at radius 2 is 0.628 bits per heavy atom. The van der Waals surface area contributed by atoms with E-state index in [0.29, 0.717) is 55.3 Å². The Morgan fingerprint density at radius 1 is 0.310 bits per heavy atom. The maximum atomic E-state index is 12.3. The number of ether oxygens (including phenoxy) is 2. The number of carbonyl (C=O) groups is 2. The van der Waals surface area contributed by atoms with Gasteiger partial charge in [0.2, 0.25) is 0 Å². The summed E-state index contributed by atoms with van der Waals surface area (Å²) in [6.07, 6.45) is 3.79. The minimum absolute atomic E-state index is 0.0434. The lowest BCUT2D eigenvalue weighted by atomic mass is 9.76. The molecule has 0 spiro atoms. The minimum atomic E-state index is -0.715. The Hall–Kier alpha value is -12.9. The summed E-state index contributed by atoms with van der Waals surface area (Å²) < 4.78 is 9.64. The molecule has 0 unspecified atom stereocenters. The topological polar surface area (TPSA) is 255 Å².